The van der Waals surface area contributed by atoms with E-state index in [9.17, 15) is 13.2 Å². The van der Waals surface area contributed by atoms with Gasteiger partial charge in [-0.05, 0) is 26.8 Å². The van der Waals surface area contributed by atoms with Gasteiger partial charge in [-0.15, -0.1) is 0 Å². The zero-order chi connectivity index (χ0) is 14.0. The van der Waals surface area contributed by atoms with Crippen molar-refractivity contribution in [3.8, 4) is 0 Å². The smallest absolute Gasteiger partial charge is 0.298 e. The maximum atomic E-state index is 13.1. The molecule has 1 aromatic heterocycles. The third-order valence-electron chi connectivity index (χ3n) is 4.07. The zero-order valence-electron chi connectivity index (χ0n) is 11.3. The van der Waals surface area contributed by atoms with Crippen LogP contribution in [0.15, 0.2) is 6.20 Å². The third kappa shape index (κ3) is 3.29. The Morgan fingerprint density at radius 1 is 1.37 bits per heavy atom. The molecule has 1 aliphatic rings. The summed E-state index contributed by atoms with van der Waals surface area (Å²) in [5.74, 6) is -1.20. The summed E-state index contributed by atoms with van der Waals surface area (Å²) in [5, 5.41) is 6.73. The number of aryl methyl sites for hydroxylation is 1. The van der Waals surface area contributed by atoms with Crippen LogP contribution in [0.25, 0.3) is 0 Å². The summed E-state index contributed by atoms with van der Waals surface area (Å²) in [5.41, 5.74) is 1.89. The third-order valence-corrected chi connectivity index (χ3v) is 4.07. The van der Waals surface area contributed by atoms with Crippen molar-refractivity contribution in [2.24, 2.45) is 5.92 Å². The van der Waals surface area contributed by atoms with Gasteiger partial charge in [-0.2, -0.15) is 18.3 Å². The number of aromatic nitrogens is 2. The molecule has 19 heavy (non-hydrogen) atoms. The van der Waals surface area contributed by atoms with Gasteiger partial charge in [0.1, 0.15) is 0 Å². The van der Waals surface area contributed by atoms with Gasteiger partial charge < -0.3 is 0 Å². The van der Waals surface area contributed by atoms with E-state index in [2.05, 4.69) is 10.2 Å². The van der Waals surface area contributed by atoms with E-state index in [1.165, 1.54) is 0 Å². The number of nitrogens with zero attached hydrogens (tertiary/aromatic N) is 2. The molecule has 0 unspecified atom stereocenters. The van der Waals surface area contributed by atoms with Gasteiger partial charge in [0.05, 0.1) is 12.1 Å². The normalized spacial score (nSPS) is 24.9. The molecule has 0 radical (unpaired) electrons. The fourth-order valence-electron chi connectivity index (χ4n) is 2.94. The van der Waals surface area contributed by atoms with Gasteiger partial charge in [0.2, 0.25) is 0 Å². The van der Waals surface area contributed by atoms with Crippen molar-refractivity contribution < 1.29 is 13.2 Å². The Morgan fingerprint density at radius 2 is 2.05 bits per heavy atom. The first kappa shape index (κ1) is 14.4. The van der Waals surface area contributed by atoms with Crippen molar-refractivity contribution in [1.29, 1.82) is 0 Å². The molecular formula is C13H20F3N3. The Kier molecular flexibility index (Phi) is 4.18. The molecule has 0 aromatic carbocycles. The first-order valence-electron chi connectivity index (χ1n) is 6.65. The first-order valence-corrected chi connectivity index (χ1v) is 6.65. The lowest BCUT2D eigenvalue weighted by molar-refractivity contribution is -0.198. The molecule has 108 valence electrons. The molecule has 0 spiro atoms. The molecule has 6 heteroatoms. The summed E-state index contributed by atoms with van der Waals surface area (Å²) in [4.78, 5) is 1.83. The molecule has 0 saturated heterocycles. The molecule has 1 fully saturated rings. The second kappa shape index (κ2) is 5.53. The standard InChI is InChI=1S/C13H20F3N3/c1-9-10(7-17-18-9)8-19(2)12-6-4-3-5-11(12)13(14,15)16/h7,11-12H,3-6,8H2,1-2H3,(H,17,18)/t11-,12+/m1/s1. The second-order valence-corrected chi connectivity index (χ2v) is 5.44. The lowest BCUT2D eigenvalue weighted by Gasteiger charge is -2.38. The number of alkyl halides is 3. The molecule has 0 aliphatic heterocycles. The minimum absolute atomic E-state index is 0.253. The van der Waals surface area contributed by atoms with Crippen molar-refractivity contribution >= 4 is 0 Å². The molecule has 0 amide bonds. The number of hydrogen-bond acceptors (Lipinski definition) is 2. The summed E-state index contributed by atoms with van der Waals surface area (Å²) < 4.78 is 39.2. The molecule has 1 heterocycles. The van der Waals surface area contributed by atoms with Crippen LogP contribution in [0.4, 0.5) is 13.2 Å². The van der Waals surface area contributed by atoms with Gasteiger partial charge in [-0.25, -0.2) is 0 Å². The Bertz CT molecular complexity index is 414. The summed E-state index contributed by atoms with van der Waals surface area (Å²) >= 11 is 0. The highest BCUT2D eigenvalue weighted by atomic mass is 19.4. The highest BCUT2D eigenvalue weighted by Gasteiger charge is 2.46. The Labute approximate surface area is 111 Å². The van der Waals surface area contributed by atoms with Gasteiger partial charge in [0.25, 0.3) is 0 Å². The highest BCUT2D eigenvalue weighted by Crippen LogP contribution is 2.40. The molecule has 1 saturated carbocycles. The molecule has 1 aromatic rings. The maximum Gasteiger partial charge on any atom is 0.393 e. The van der Waals surface area contributed by atoms with Crippen molar-refractivity contribution in [2.45, 2.75) is 51.4 Å². The number of hydrogen-bond donors (Lipinski definition) is 1. The maximum absolute atomic E-state index is 13.1. The van der Waals surface area contributed by atoms with Crippen LogP contribution in [0, 0.1) is 12.8 Å². The van der Waals surface area contributed by atoms with E-state index < -0.39 is 18.1 Å². The van der Waals surface area contributed by atoms with E-state index in [1.807, 2.05) is 11.8 Å². The predicted molar refractivity (Wildman–Crippen MR) is 66.6 cm³/mol. The van der Waals surface area contributed by atoms with Gasteiger partial charge >= 0.3 is 6.18 Å². The number of nitrogens with one attached hydrogen (secondary N) is 1. The van der Waals surface area contributed by atoms with Gasteiger partial charge in [0, 0.05) is 23.8 Å². The van der Waals surface area contributed by atoms with Gasteiger partial charge in [0.15, 0.2) is 0 Å². The molecule has 0 bridgehead atoms. The van der Waals surface area contributed by atoms with E-state index >= 15 is 0 Å². The Morgan fingerprint density at radius 3 is 2.63 bits per heavy atom. The van der Waals surface area contributed by atoms with E-state index in [0.29, 0.717) is 19.4 Å². The number of rotatable bonds is 3. The minimum atomic E-state index is -4.09. The topological polar surface area (TPSA) is 31.9 Å². The van der Waals surface area contributed by atoms with Gasteiger partial charge in [-0.1, -0.05) is 12.8 Å². The second-order valence-electron chi connectivity index (χ2n) is 5.44. The average molecular weight is 275 g/mol. The summed E-state index contributed by atoms with van der Waals surface area (Å²) in [6.07, 6.45) is 0.0354. The van der Waals surface area contributed by atoms with Crippen LogP contribution in [0.5, 0.6) is 0 Å². The van der Waals surface area contributed by atoms with Crippen LogP contribution < -0.4 is 0 Å². The monoisotopic (exact) mass is 275 g/mol. The van der Waals surface area contributed by atoms with Crippen LogP contribution in [0.2, 0.25) is 0 Å². The number of H-pyrrole nitrogens is 1. The summed E-state index contributed by atoms with van der Waals surface area (Å²) in [6.45, 7) is 2.40. The molecule has 1 aliphatic carbocycles. The number of aromatic amines is 1. The molecular weight excluding hydrogens is 255 g/mol. The fourth-order valence-corrected chi connectivity index (χ4v) is 2.94. The Hall–Kier alpha value is -1.04. The quantitative estimate of drug-likeness (QED) is 0.918. The molecule has 1 N–H and O–H groups in total. The fraction of sp³-hybridized carbons (Fsp3) is 0.769. The van der Waals surface area contributed by atoms with Crippen LogP contribution in [-0.2, 0) is 6.54 Å². The van der Waals surface area contributed by atoms with Crippen LogP contribution >= 0.6 is 0 Å². The minimum Gasteiger partial charge on any atom is -0.298 e. The zero-order valence-corrected chi connectivity index (χ0v) is 11.3. The lowest BCUT2D eigenvalue weighted by atomic mass is 9.83. The molecule has 2 atom stereocenters. The number of halogens is 3. The van der Waals surface area contributed by atoms with E-state index in [-0.39, 0.29) is 6.42 Å². The van der Waals surface area contributed by atoms with E-state index in [4.69, 9.17) is 0 Å². The lowest BCUT2D eigenvalue weighted by Crippen LogP contribution is -2.46. The van der Waals surface area contributed by atoms with Crippen LogP contribution in [-0.4, -0.2) is 34.4 Å². The van der Waals surface area contributed by atoms with Gasteiger partial charge in [-0.3, -0.25) is 10.00 Å². The van der Waals surface area contributed by atoms with Crippen molar-refractivity contribution in [1.82, 2.24) is 15.1 Å². The van der Waals surface area contributed by atoms with Crippen LogP contribution in [0.3, 0.4) is 0 Å². The van der Waals surface area contributed by atoms with Crippen molar-refractivity contribution in [2.75, 3.05) is 7.05 Å². The van der Waals surface area contributed by atoms with E-state index in [1.54, 1.807) is 13.2 Å². The molecule has 2 rings (SSSR count). The largest absolute Gasteiger partial charge is 0.393 e. The first-order chi connectivity index (χ1) is 8.89. The summed E-state index contributed by atoms with van der Waals surface area (Å²) in [6, 6.07) is -0.414. The van der Waals surface area contributed by atoms with Crippen LogP contribution in [0.1, 0.15) is 36.9 Å². The predicted octanol–water partition coefficient (Wildman–Crippen LogP) is 3.27. The van der Waals surface area contributed by atoms with Crippen molar-refractivity contribution in [3.63, 3.8) is 0 Å². The van der Waals surface area contributed by atoms with Crippen molar-refractivity contribution in [3.05, 3.63) is 17.5 Å². The SMILES string of the molecule is Cc1[nH]ncc1CN(C)[C@H]1CCCC[C@H]1C(F)(F)F. The van der Waals surface area contributed by atoms with E-state index in [0.717, 1.165) is 17.7 Å². The average Bonchev–Trinajstić information content (AvgIpc) is 2.74. The molecule has 3 nitrogen and oxygen atoms in total. The summed E-state index contributed by atoms with van der Waals surface area (Å²) in [7, 11) is 1.78. The Balaban J connectivity index is 2.07. The highest BCUT2D eigenvalue weighted by molar-refractivity contribution is 5.14.